The van der Waals surface area contributed by atoms with Crippen molar-refractivity contribution >= 4 is 11.6 Å². The first-order valence-corrected chi connectivity index (χ1v) is 6.41. The van der Waals surface area contributed by atoms with E-state index in [2.05, 4.69) is 33.0 Å². The highest BCUT2D eigenvalue weighted by molar-refractivity contribution is 5.96. The number of benzene rings is 1. The molecule has 1 saturated carbocycles. The van der Waals surface area contributed by atoms with Gasteiger partial charge in [0.1, 0.15) is 0 Å². The Morgan fingerprint density at radius 2 is 1.78 bits per heavy atom. The van der Waals surface area contributed by atoms with Crippen LogP contribution in [-0.2, 0) is 11.3 Å². The van der Waals surface area contributed by atoms with Crippen LogP contribution in [0, 0.1) is 16.7 Å². The zero-order valence-electron chi connectivity index (χ0n) is 11.6. The van der Waals surface area contributed by atoms with E-state index in [9.17, 15) is 4.79 Å². The summed E-state index contributed by atoms with van der Waals surface area (Å²) >= 11 is 0. The van der Waals surface area contributed by atoms with Crippen LogP contribution < -0.4 is 11.1 Å². The minimum Gasteiger partial charge on any atom is -0.326 e. The summed E-state index contributed by atoms with van der Waals surface area (Å²) in [4.78, 5) is 12.3. The zero-order valence-corrected chi connectivity index (χ0v) is 11.6. The average Bonchev–Trinajstić information content (AvgIpc) is 2.70. The highest BCUT2D eigenvalue weighted by Crippen LogP contribution is 2.68. The highest BCUT2D eigenvalue weighted by atomic mass is 16.2. The summed E-state index contributed by atoms with van der Waals surface area (Å²) in [7, 11) is 0. The second-order valence-corrected chi connectivity index (χ2v) is 6.23. The third-order valence-electron chi connectivity index (χ3n) is 4.78. The van der Waals surface area contributed by atoms with Crippen molar-refractivity contribution in [1.82, 2.24) is 0 Å². The lowest BCUT2D eigenvalue weighted by Gasteiger charge is -2.10. The Hall–Kier alpha value is -1.35. The number of hydrogen-bond donors (Lipinski definition) is 2. The standard InChI is InChI=1S/C15H22N2O/c1-14(2)12(15(14,3)4)13(18)17-11-8-6-5-7-10(11)9-16/h5-8,12H,9,16H2,1-4H3,(H,17,18). The quantitative estimate of drug-likeness (QED) is 0.861. The number of rotatable bonds is 3. The van der Waals surface area contributed by atoms with Gasteiger partial charge in [-0.3, -0.25) is 4.79 Å². The average molecular weight is 246 g/mol. The van der Waals surface area contributed by atoms with Crippen LogP contribution >= 0.6 is 0 Å². The molecular formula is C15H22N2O. The molecule has 98 valence electrons. The first-order valence-electron chi connectivity index (χ1n) is 6.41. The molecule has 1 amide bonds. The molecule has 2 rings (SSSR count). The van der Waals surface area contributed by atoms with Gasteiger partial charge in [0.15, 0.2) is 0 Å². The lowest BCUT2D eigenvalue weighted by atomic mass is 10.0. The van der Waals surface area contributed by atoms with Crippen LogP contribution in [0.5, 0.6) is 0 Å². The van der Waals surface area contributed by atoms with Crippen LogP contribution in [0.2, 0.25) is 0 Å². The maximum Gasteiger partial charge on any atom is 0.228 e. The van der Waals surface area contributed by atoms with Crippen molar-refractivity contribution in [3.8, 4) is 0 Å². The summed E-state index contributed by atoms with van der Waals surface area (Å²) in [5, 5.41) is 3.02. The maximum absolute atomic E-state index is 12.3. The summed E-state index contributed by atoms with van der Waals surface area (Å²) in [6.07, 6.45) is 0. The van der Waals surface area contributed by atoms with Gasteiger partial charge in [0.2, 0.25) is 5.91 Å². The molecule has 0 aromatic heterocycles. The Bertz CT molecular complexity index is 463. The van der Waals surface area contributed by atoms with Crippen LogP contribution in [0.4, 0.5) is 5.69 Å². The van der Waals surface area contributed by atoms with Crippen molar-refractivity contribution in [3.05, 3.63) is 29.8 Å². The molecule has 1 fully saturated rings. The van der Waals surface area contributed by atoms with E-state index in [0.717, 1.165) is 11.3 Å². The molecular weight excluding hydrogens is 224 g/mol. The largest absolute Gasteiger partial charge is 0.326 e. The van der Waals surface area contributed by atoms with Crippen LogP contribution in [0.1, 0.15) is 33.3 Å². The summed E-state index contributed by atoms with van der Waals surface area (Å²) in [5.74, 6) is 0.168. The Morgan fingerprint density at radius 3 is 2.28 bits per heavy atom. The predicted octanol–water partition coefficient (Wildman–Crippen LogP) is 2.77. The molecule has 0 unspecified atom stereocenters. The molecule has 0 atom stereocenters. The minimum absolute atomic E-state index is 0.0642. The van der Waals surface area contributed by atoms with Gasteiger partial charge in [-0.05, 0) is 22.5 Å². The van der Waals surface area contributed by atoms with E-state index >= 15 is 0 Å². The molecule has 1 aromatic carbocycles. The summed E-state index contributed by atoms with van der Waals surface area (Å²) < 4.78 is 0. The molecule has 0 radical (unpaired) electrons. The summed E-state index contributed by atoms with van der Waals surface area (Å²) in [6.45, 7) is 9.02. The fraction of sp³-hybridized carbons (Fsp3) is 0.533. The predicted molar refractivity (Wildman–Crippen MR) is 74.0 cm³/mol. The number of nitrogens with two attached hydrogens (primary N) is 1. The first kappa shape index (κ1) is 13.1. The number of anilines is 1. The van der Waals surface area contributed by atoms with Crippen LogP contribution in [0.3, 0.4) is 0 Å². The van der Waals surface area contributed by atoms with Crippen LogP contribution in [-0.4, -0.2) is 5.91 Å². The Balaban J connectivity index is 2.14. The molecule has 0 heterocycles. The van der Waals surface area contributed by atoms with Crippen molar-refractivity contribution in [2.45, 2.75) is 34.2 Å². The molecule has 0 bridgehead atoms. The molecule has 0 spiro atoms. The van der Waals surface area contributed by atoms with Crippen molar-refractivity contribution in [2.24, 2.45) is 22.5 Å². The molecule has 1 aromatic rings. The van der Waals surface area contributed by atoms with Gasteiger partial charge in [-0.25, -0.2) is 0 Å². The number of hydrogen-bond acceptors (Lipinski definition) is 2. The third-order valence-corrected chi connectivity index (χ3v) is 4.78. The molecule has 1 aliphatic rings. The molecule has 1 aliphatic carbocycles. The molecule has 3 N–H and O–H groups in total. The number of amides is 1. The smallest absolute Gasteiger partial charge is 0.228 e. The molecule has 3 heteroatoms. The van der Waals surface area contributed by atoms with E-state index in [1.807, 2.05) is 24.3 Å². The number of carbonyl (C=O) groups is 1. The zero-order chi connectivity index (χ0) is 13.6. The lowest BCUT2D eigenvalue weighted by Crippen LogP contribution is -2.19. The van der Waals surface area contributed by atoms with Gasteiger partial charge >= 0.3 is 0 Å². The number of nitrogens with one attached hydrogen (secondary N) is 1. The van der Waals surface area contributed by atoms with Crippen LogP contribution in [0.15, 0.2) is 24.3 Å². The van der Waals surface area contributed by atoms with Gasteiger partial charge < -0.3 is 11.1 Å². The number of carbonyl (C=O) groups excluding carboxylic acids is 1. The summed E-state index contributed by atoms with van der Waals surface area (Å²) in [5.41, 5.74) is 7.61. The van der Waals surface area contributed by atoms with E-state index in [0.29, 0.717) is 6.54 Å². The van der Waals surface area contributed by atoms with Gasteiger partial charge in [0, 0.05) is 18.2 Å². The van der Waals surface area contributed by atoms with Gasteiger partial charge in [0.05, 0.1) is 0 Å². The Kier molecular flexibility index (Phi) is 2.98. The maximum atomic E-state index is 12.3. The Labute approximate surface area is 109 Å². The summed E-state index contributed by atoms with van der Waals surface area (Å²) in [6, 6.07) is 7.70. The SMILES string of the molecule is CC1(C)C(C(=O)Nc2ccccc2CN)C1(C)C. The number of para-hydroxylation sites is 1. The van der Waals surface area contributed by atoms with Crippen molar-refractivity contribution < 1.29 is 4.79 Å². The van der Waals surface area contributed by atoms with Crippen molar-refractivity contribution in [2.75, 3.05) is 5.32 Å². The third kappa shape index (κ3) is 1.83. The van der Waals surface area contributed by atoms with Gasteiger partial charge in [-0.2, -0.15) is 0 Å². The van der Waals surface area contributed by atoms with Gasteiger partial charge in [-0.1, -0.05) is 45.9 Å². The molecule has 18 heavy (non-hydrogen) atoms. The topological polar surface area (TPSA) is 55.1 Å². The molecule has 0 aliphatic heterocycles. The van der Waals surface area contributed by atoms with E-state index in [1.165, 1.54) is 0 Å². The fourth-order valence-corrected chi connectivity index (χ4v) is 2.88. The highest BCUT2D eigenvalue weighted by Gasteiger charge is 2.68. The molecule has 3 nitrogen and oxygen atoms in total. The first-order chi connectivity index (χ1) is 8.32. The second kappa shape index (κ2) is 4.09. The van der Waals surface area contributed by atoms with E-state index in [4.69, 9.17) is 5.73 Å². The van der Waals surface area contributed by atoms with E-state index in [-0.39, 0.29) is 22.7 Å². The molecule has 0 saturated heterocycles. The van der Waals surface area contributed by atoms with Crippen LogP contribution in [0.25, 0.3) is 0 Å². The second-order valence-electron chi connectivity index (χ2n) is 6.23. The monoisotopic (exact) mass is 246 g/mol. The van der Waals surface area contributed by atoms with Gasteiger partial charge in [0.25, 0.3) is 0 Å². The normalized spacial score (nSPS) is 20.5. The Morgan fingerprint density at radius 1 is 1.22 bits per heavy atom. The minimum atomic E-state index is 0.0642. The fourth-order valence-electron chi connectivity index (χ4n) is 2.88. The van der Waals surface area contributed by atoms with E-state index < -0.39 is 0 Å². The van der Waals surface area contributed by atoms with Crippen molar-refractivity contribution in [1.29, 1.82) is 0 Å². The lowest BCUT2D eigenvalue weighted by molar-refractivity contribution is -0.118. The van der Waals surface area contributed by atoms with Crippen molar-refractivity contribution in [3.63, 3.8) is 0 Å². The van der Waals surface area contributed by atoms with Gasteiger partial charge in [-0.15, -0.1) is 0 Å². The van der Waals surface area contributed by atoms with E-state index in [1.54, 1.807) is 0 Å².